The first-order chi connectivity index (χ1) is 10.1. The molecule has 1 rings (SSSR count). The number of ether oxygens (including phenoxy) is 1. The van der Waals surface area contributed by atoms with Gasteiger partial charge in [0, 0.05) is 52.9 Å². The fourth-order valence-electron chi connectivity index (χ4n) is 2.34. The third kappa shape index (κ3) is 5.89. The summed E-state index contributed by atoms with van der Waals surface area (Å²) in [6, 6.07) is 0.101. The van der Waals surface area contributed by atoms with Gasteiger partial charge in [-0.25, -0.2) is 4.79 Å². The number of rotatable bonds is 7. The van der Waals surface area contributed by atoms with Crippen LogP contribution in [0.3, 0.4) is 0 Å². The Morgan fingerprint density at radius 3 is 2.29 bits per heavy atom. The van der Waals surface area contributed by atoms with E-state index in [9.17, 15) is 9.59 Å². The molecule has 7 nitrogen and oxygen atoms in total. The van der Waals surface area contributed by atoms with Crippen LogP contribution in [0.2, 0.25) is 0 Å². The summed E-state index contributed by atoms with van der Waals surface area (Å²) < 4.78 is 4.89. The Morgan fingerprint density at radius 2 is 1.76 bits per heavy atom. The lowest BCUT2D eigenvalue weighted by molar-refractivity contribution is -0.122. The number of carbonyl (C=O) groups excluding carboxylic acids is 2. The average molecular weight is 300 g/mol. The van der Waals surface area contributed by atoms with E-state index in [4.69, 9.17) is 4.74 Å². The summed E-state index contributed by atoms with van der Waals surface area (Å²) in [5.74, 6) is 0.00979. The zero-order valence-electron chi connectivity index (χ0n) is 13.4. The topological polar surface area (TPSA) is 65.1 Å². The van der Waals surface area contributed by atoms with Gasteiger partial charge in [-0.05, 0) is 13.8 Å². The second kappa shape index (κ2) is 9.57. The van der Waals surface area contributed by atoms with E-state index in [1.807, 2.05) is 23.6 Å². The predicted octanol–water partition coefficient (Wildman–Crippen LogP) is -0.172. The number of nitrogens with zero attached hydrogens (tertiary/aromatic N) is 3. The maximum absolute atomic E-state index is 12.2. The van der Waals surface area contributed by atoms with Gasteiger partial charge in [-0.15, -0.1) is 0 Å². The van der Waals surface area contributed by atoms with Crippen LogP contribution < -0.4 is 5.32 Å². The molecular weight excluding hydrogens is 272 g/mol. The van der Waals surface area contributed by atoms with Crippen molar-refractivity contribution in [2.45, 2.75) is 13.8 Å². The first kappa shape index (κ1) is 17.7. The minimum atomic E-state index is 0.00979. The Balaban J connectivity index is 2.28. The number of hydrogen-bond donors (Lipinski definition) is 1. The van der Waals surface area contributed by atoms with Crippen LogP contribution in [0, 0.1) is 0 Å². The molecule has 1 saturated heterocycles. The molecule has 7 heteroatoms. The van der Waals surface area contributed by atoms with Crippen LogP contribution in [0.4, 0.5) is 4.79 Å². The Bertz CT molecular complexity index is 326. The average Bonchev–Trinajstić information content (AvgIpc) is 2.49. The van der Waals surface area contributed by atoms with Crippen LogP contribution in [0.25, 0.3) is 0 Å². The predicted molar refractivity (Wildman–Crippen MR) is 81.2 cm³/mol. The van der Waals surface area contributed by atoms with Gasteiger partial charge in [0.05, 0.1) is 13.2 Å². The third-order valence-electron chi connectivity index (χ3n) is 3.67. The molecule has 21 heavy (non-hydrogen) atoms. The highest BCUT2D eigenvalue weighted by atomic mass is 16.5. The number of methoxy groups -OCH3 is 1. The monoisotopic (exact) mass is 300 g/mol. The maximum Gasteiger partial charge on any atom is 0.320 e. The lowest BCUT2D eigenvalue weighted by Gasteiger charge is -2.36. The Kier molecular flexibility index (Phi) is 8.07. The summed E-state index contributed by atoms with van der Waals surface area (Å²) in [6.07, 6.45) is 0. The van der Waals surface area contributed by atoms with Crippen molar-refractivity contribution in [3.05, 3.63) is 0 Å². The summed E-state index contributed by atoms with van der Waals surface area (Å²) in [5.41, 5.74) is 0. The van der Waals surface area contributed by atoms with Gasteiger partial charge in [-0.1, -0.05) is 0 Å². The second-order valence-electron chi connectivity index (χ2n) is 5.06. The number of amides is 3. The normalized spacial score (nSPS) is 15.9. The number of carbonyl (C=O) groups is 2. The van der Waals surface area contributed by atoms with E-state index < -0.39 is 0 Å². The highest BCUT2D eigenvalue weighted by Gasteiger charge is 2.24. The minimum Gasteiger partial charge on any atom is -0.383 e. The summed E-state index contributed by atoms with van der Waals surface area (Å²) in [5, 5.41) is 2.81. The molecular formula is C14H28N4O3. The number of nitrogens with one attached hydrogen (secondary N) is 1. The number of piperazine rings is 1. The highest BCUT2D eigenvalue weighted by Crippen LogP contribution is 2.05. The highest BCUT2D eigenvalue weighted by molar-refractivity contribution is 5.78. The van der Waals surface area contributed by atoms with Crippen LogP contribution in [-0.2, 0) is 9.53 Å². The zero-order valence-corrected chi connectivity index (χ0v) is 13.4. The molecule has 3 amide bonds. The van der Waals surface area contributed by atoms with E-state index in [0.717, 1.165) is 26.2 Å². The molecule has 1 aliphatic rings. The zero-order chi connectivity index (χ0) is 15.7. The molecule has 0 radical (unpaired) electrons. The van der Waals surface area contributed by atoms with Gasteiger partial charge in [0.2, 0.25) is 5.91 Å². The van der Waals surface area contributed by atoms with Gasteiger partial charge in [0.1, 0.15) is 0 Å². The van der Waals surface area contributed by atoms with Crippen molar-refractivity contribution in [1.82, 2.24) is 20.0 Å². The Labute approximate surface area is 127 Å². The molecule has 0 aliphatic carbocycles. The number of urea groups is 1. The van der Waals surface area contributed by atoms with Crippen LogP contribution in [0.5, 0.6) is 0 Å². The van der Waals surface area contributed by atoms with Crippen LogP contribution in [-0.4, -0.2) is 92.7 Å². The summed E-state index contributed by atoms with van der Waals surface area (Å²) in [6.45, 7) is 9.74. The van der Waals surface area contributed by atoms with Gasteiger partial charge >= 0.3 is 6.03 Å². The smallest absolute Gasteiger partial charge is 0.320 e. The Hall–Kier alpha value is -1.34. The summed E-state index contributed by atoms with van der Waals surface area (Å²) >= 11 is 0. The molecule has 0 atom stereocenters. The van der Waals surface area contributed by atoms with Crippen molar-refractivity contribution in [2.24, 2.45) is 0 Å². The van der Waals surface area contributed by atoms with Crippen LogP contribution in [0.15, 0.2) is 0 Å². The molecule has 1 N–H and O–H groups in total. The molecule has 122 valence electrons. The maximum atomic E-state index is 12.2. The lowest BCUT2D eigenvalue weighted by Crippen LogP contribution is -2.54. The van der Waals surface area contributed by atoms with Gasteiger partial charge in [0.25, 0.3) is 0 Å². The molecule has 0 aromatic carbocycles. The van der Waals surface area contributed by atoms with Gasteiger partial charge < -0.3 is 19.9 Å². The molecule has 1 fully saturated rings. The molecule has 1 heterocycles. The number of hydrogen-bond acceptors (Lipinski definition) is 4. The van der Waals surface area contributed by atoms with Gasteiger partial charge in [0.15, 0.2) is 0 Å². The second-order valence-corrected chi connectivity index (χ2v) is 5.06. The molecule has 0 saturated carbocycles. The van der Waals surface area contributed by atoms with E-state index in [-0.39, 0.29) is 11.9 Å². The minimum absolute atomic E-state index is 0.00979. The molecule has 0 aromatic heterocycles. The third-order valence-corrected chi connectivity index (χ3v) is 3.67. The van der Waals surface area contributed by atoms with Crippen molar-refractivity contribution in [2.75, 3.05) is 66.1 Å². The van der Waals surface area contributed by atoms with Crippen molar-refractivity contribution < 1.29 is 14.3 Å². The Morgan fingerprint density at radius 1 is 1.14 bits per heavy atom. The van der Waals surface area contributed by atoms with E-state index in [1.165, 1.54) is 0 Å². The van der Waals surface area contributed by atoms with Gasteiger partial charge in [-0.2, -0.15) is 0 Å². The van der Waals surface area contributed by atoms with E-state index in [2.05, 4.69) is 10.2 Å². The lowest BCUT2D eigenvalue weighted by atomic mass is 10.3. The SMILES string of the molecule is CCN(CC)C(=O)N1CCN(CC(=O)NCCOC)CC1. The van der Waals surface area contributed by atoms with E-state index in [1.54, 1.807) is 7.11 Å². The molecule has 0 spiro atoms. The molecule has 0 bridgehead atoms. The van der Waals surface area contributed by atoms with Gasteiger partial charge in [-0.3, -0.25) is 9.69 Å². The molecule has 1 aliphatic heterocycles. The summed E-state index contributed by atoms with van der Waals surface area (Å²) in [4.78, 5) is 29.7. The van der Waals surface area contributed by atoms with Crippen molar-refractivity contribution in [3.8, 4) is 0 Å². The summed E-state index contributed by atoms with van der Waals surface area (Å²) in [7, 11) is 1.61. The quantitative estimate of drug-likeness (QED) is 0.663. The van der Waals surface area contributed by atoms with E-state index in [0.29, 0.717) is 32.8 Å². The van der Waals surface area contributed by atoms with Crippen molar-refractivity contribution in [3.63, 3.8) is 0 Å². The van der Waals surface area contributed by atoms with Crippen LogP contribution >= 0.6 is 0 Å². The largest absolute Gasteiger partial charge is 0.383 e. The van der Waals surface area contributed by atoms with Crippen molar-refractivity contribution in [1.29, 1.82) is 0 Å². The molecule has 0 aromatic rings. The van der Waals surface area contributed by atoms with Crippen molar-refractivity contribution >= 4 is 11.9 Å². The van der Waals surface area contributed by atoms with E-state index >= 15 is 0 Å². The first-order valence-electron chi connectivity index (χ1n) is 7.64. The molecule has 0 unspecified atom stereocenters. The fraction of sp³-hybridized carbons (Fsp3) is 0.857. The fourth-order valence-corrected chi connectivity index (χ4v) is 2.34. The van der Waals surface area contributed by atoms with Crippen LogP contribution in [0.1, 0.15) is 13.8 Å². The standard InChI is InChI=1S/C14H28N4O3/c1-4-17(5-2)14(20)18-9-7-16(8-10-18)12-13(19)15-6-11-21-3/h4-12H2,1-3H3,(H,15,19). The first-order valence-corrected chi connectivity index (χ1v) is 7.64.